The Hall–Kier alpha value is -4.28. The van der Waals surface area contributed by atoms with Crippen LogP contribution in [0.25, 0.3) is 0 Å². The number of carboxylic acids is 1. The Morgan fingerprint density at radius 3 is 1.86 bits per heavy atom. The van der Waals surface area contributed by atoms with Crippen molar-refractivity contribution in [2.24, 2.45) is 0 Å². The first-order valence-electron chi connectivity index (χ1n) is 17.5. The van der Waals surface area contributed by atoms with Gasteiger partial charge < -0.3 is 46.0 Å². The Morgan fingerprint density at radius 2 is 1.33 bits per heavy atom. The molecule has 0 aliphatic heterocycles. The van der Waals surface area contributed by atoms with E-state index < -0.39 is 37.0 Å². The van der Waals surface area contributed by atoms with Crippen LogP contribution in [0.4, 0.5) is 0 Å². The highest BCUT2D eigenvalue weighted by Crippen LogP contribution is 2.21. The van der Waals surface area contributed by atoms with E-state index in [1.165, 1.54) is 36.6 Å². The summed E-state index contributed by atoms with van der Waals surface area (Å²) in [6, 6.07) is 20.3. The normalized spacial score (nSPS) is 13.1. The summed E-state index contributed by atoms with van der Waals surface area (Å²) in [5.74, 6) is 4.56. The molecule has 1 amide bonds. The molecule has 0 saturated carbocycles. The molecule has 0 spiro atoms. The number of amides is 1. The van der Waals surface area contributed by atoms with Crippen molar-refractivity contribution in [1.82, 2.24) is 10.2 Å². The lowest BCUT2D eigenvalue weighted by Crippen LogP contribution is -2.48. The molecule has 0 radical (unpaired) electrons. The number of aromatic carboxylic acids is 1. The second-order valence-electron chi connectivity index (χ2n) is 12.4. The first-order chi connectivity index (χ1) is 24.4. The molecule has 3 aromatic rings. The predicted octanol–water partition coefficient (Wildman–Crippen LogP) is 3.70. The molecule has 11 nitrogen and oxygen atoms in total. The van der Waals surface area contributed by atoms with Gasteiger partial charge in [-0.05, 0) is 79.9 Å². The van der Waals surface area contributed by atoms with Gasteiger partial charge in [0.1, 0.15) is 29.6 Å². The number of carbonyl (C=O) groups is 2. The van der Waals surface area contributed by atoms with Crippen LogP contribution in [0, 0.1) is 11.8 Å². The van der Waals surface area contributed by atoms with E-state index in [4.69, 9.17) is 20.4 Å². The Labute approximate surface area is 301 Å². The molecule has 3 rings (SSSR count). The van der Waals surface area contributed by atoms with Gasteiger partial charge in [-0.3, -0.25) is 4.79 Å². The minimum absolute atomic E-state index is 0.0936. The lowest BCUT2D eigenvalue weighted by molar-refractivity contribution is -0.113. The van der Waals surface area contributed by atoms with E-state index in [0.29, 0.717) is 13.1 Å². The van der Waals surface area contributed by atoms with Crippen LogP contribution in [0.3, 0.4) is 0 Å². The van der Waals surface area contributed by atoms with Crippen LogP contribution in [0.15, 0.2) is 66.7 Å². The van der Waals surface area contributed by atoms with Gasteiger partial charge in [-0.1, -0.05) is 75.6 Å². The number of benzene rings is 3. The zero-order valence-corrected chi connectivity index (χ0v) is 29.8. The zero-order chi connectivity index (χ0) is 37.8. The highest BCUT2D eigenvalue weighted by Gasteiger charge is 2.29. The maximum Gasteiger partial charge on any atom is 0.339 e. The number of phenols is 1. The van der Waals surface area contributed by atoms with Gasteiger partial charge >= 0.3 is 5.97 Å². The highest BCUT2D eigenvalue weighted by molar-refractivity contribution is 5.98. The quantitative estimate of drug-likeness (QED) is 0.0715. The number of rotatable bonds is 18. The van der Waals surface area contributed by atoms with Gasteiger partial charge in [0, 0.05) is 36.3 Å². The first kappa shape index (κ1) is 42.9. The molecule has 0 bridgehead atoms. The summed E-state index contributed by atoms with van der Waals surface area (Å²) in [7, 11) is 1.57. The van der Waals surface area contributed by atoms with Gasteiger partial charge in [0.2, 0.25) is 0 Å². The monoisotopic (exact) mass is 706 g/mol. The standard InChI is InChI=1S/C33H37NO4.C7H17NO5/c1-3-5-7-8-22-34(32(36)29-20-21-31(35)30(23-29)33(37)38)24-28-18-16-27(17-19-28)15-14-26-12-10-25(11-13-26)9-6-4-2;1-8-2-4(10)6(12)7(13)5(11)3-9/h10-13,16-21,23,35H,3-9,22,24H2,1-2H3,(H,37,38);4-13H,2-3H2,1H3/t;4-,5+,6+,7+/m.0/s1. The van der Waals surface area contributed by atoms with Crippen LogP contribution in [0.2, 0.25) is 0 Å². The van der Waals surface area contributed by atoms with Crippen LogP contribution in [0.1, 0.15) is 95.3 Å². The highest BCUT2D eigenvalue weighted by atomic mass is 16.4. The average molecular weight is 707 g/mol. The maximum absolute atomic E-state index is 13.3. The molecule has 8 N–H and O–H groups in total. The van der Waals surface area contributed by atoms with E-state index in [9.17, 15) is 24.9 Å². The van der Waals surface area contributed by atoms with E-state index >= 15 is 0 Å². The second-order valence-corrected chi connectivity index (χ2v) is 12.4. The average Bonchev–Trinajstić information content (AvgIpc) is 3.14. The SMILES string of the molecule is CCCCCCN(Cc1ccc(C#Cc2ccc(CCCC)cc2)cc1)C(=O)c1ccc(O)c(C(=O)O)c1.CNC[C@H](O)[C@@H](O)[C@H](O)[C@H](O)CO. The lowest BCUT2D eigenvalue weighted by atomic mass is 10.0. The van der Waals surface area contributed by atoms with Crippen LogP contribution in [0.5, 0.6) is 5.75 Å². The number of aryl methyl sites for hydroxylation is 1. The Bertz CT molecular complexity index is 1530. The number of likely N-dealkylation sites (N-methyl/N-ethyl adjacent to an activating group) is 1. The van der Waals surface area contributed by atoms with Crippen molar-refractivity contribution in [3.8, 4) is 17.6 Å². The van der Waals surface area contributed by atoms with Gasteiger partial charge in [-0.2, -0.15) is 0 Å². The molecule has 0 aromatic heterocycles. The number of nitrogens with one attached hydrogen (secondary N) is 1. The van der Waals surface area contributed by atoms with E-state index in [-0.39, 0.29) is 29.3 Å². The molecule has 3 aromatic carbocycles. The lowest BCUT2D eigenvalue weighted by Gasteiger charge is -2.25. The Kier molecular flexibility index (Phi) is 19.5. The molecule has 51 heavy (non-hydrogen) atoms. The number of aromatic hydroxyl groups is 1. The van der Waals surface area contributed by atoms with Crippen molar-refractivity contribution in [3.63, 3.8) is 0 Å². The fourth-order valence-electron chi connectivity index (χ4n) is 5.09. The molecular formula is C40H54N2O9. The van der Waals surface area contributed by atoms with Crippen molar-refractivity contribution >= 4 is 11.9 Å². The maximum atomic E-state index is 13.3. The summed E-state index contributed by atoms with van der Waals surface area (Å²) in [6.07, 6.45) is 1.90. The van der Waals surface area contributed by atoms with E-state index in [0.717, 1.165) is 48.8 Å². The van der Waals surface area contributed by atoms with E-state index in [1.54, 1.807) is 11.9 Å². The number of hydrogen-bond acceptors (Lipinski definition) is 9. The van der Waals surface area contributed by atoms with Crippen molar-refractivity contribution in [3.05, 3.63) is 100 Å². The first-order valence-corrected chi connectivity index (χ1v) is 17.5. The van der Waals surface area contributed by atoms with E-state index in [2.05, 4.69) is 55.3 Å². The second kappa shape index (κ2) is 23.2. The molecule has 0 aliphatic rings. The largest absolute Gasteiger partial charge is 0.507 e. The van der Waals surface area contributed by atoms with Crippen LogP contribution in [-0.4, -0.2) is 104 Å². The molecule has 0 aliphatic carbocycles. The minimum atomic E-state index is -1.55. The molecule has 11 heteroatoms. The Balaban J connectivity index is 0.000000588. The molecule has 278 valence electrons. The number of nitrogens with zero attached hydrogens (tertiary/aromatic N) is 1. The van der Waals surface area contributed by atoms with Crippen LogP contribution < -0.4 is 5.32 Å². The van der Waals surface area contributed by atoms with Gasteiger partial charge in [0.15, 0.2) is 0 Å². The van der Waals surface area contributed by atoms with Gasteiger partial charge in [-0.15, -0.1) is 0 Å². The molecule has 0 unspecified atom stereocenters. The Morgan fingerprint density at radius 1 is 0.765 bits per heavy atom. The number of unbranched alkanes of at least 4 members (excludes halogenated alkanes) is 4. The van der Waals surface area contributed by atoms with Crippen molar-refractivity contribution < 1.29 is 45.3 Å². The fourth-order valence-corrected chi connectivity index (χ4v) is 5.09. The third-order valence-electron chi connectivity index (χ3n) is 8.23. The summed E-state index contributed by atoms with van der Waals surface area (Å²) in [5.41, 5.74) is 4.15. The third-order valence-corrected chi connectivity index (χ3v) is 8.23. The van der Waals surface area contributed by atoms with Crippen LogP contribution in [-0.2, 0) is 13.0 Å². The fraction of sp³-hybridized carbons (Fsp3) is 0.450. The molecule has 4 atom stereocenters. The summed E-state index contributed by atoms with van der Waals surface area (Å²) in [6.45, 7) is 4.74. The summed E-state index contributed by atoms with van der Waals surface area (Å²) >= 11 is 0. The smallest absolute Gasteiger partial charge is 0.339 e. The summed E-state index contributed by atoms with van der Waals surface area (Å²) in [5, 5.41) is 66.6. The molecule has 0 saturated heterocycles. The number of carboxylic acid groups (broad SMARTS) is 1. The summed E-state index contributed by atoms with van der Waals surface area (Å²) < 4.78 is 0. The van der Waals surface area contributed by atoms with Crippen molar-refractivity contribution in [2.45, 2.75) is 89.8 Å². The number of carbonyl (C=O) groups excluding carboxylic acids is 1. The minimum Gasteiger partial charge on any atom is -0.507 e. The number of aliphatic hydroxyl groups is 5. The van der Waals surface area contributed by atoms with E-state index in [1.807, 2.05) is 24.3 Å². The third kappa shape index (κ3) is 14.8. The topological polar surface area (TPSA) is 191 Å². The van der Waals surface area contributed by atoms with Gasteiger partial charge in [0.05, 0.1) is 12.7 Å². The number of aliphatic hydroxyl groups excluding tert-OH is 5. The molecule has 0 fully saturated rings. The van der Waals surface area contributed by atoms with Crippen molar-refractivity contribution in [2.75, 3.05) is 26.7 Å². The van der Waals surface area contributed by atoms with Gasteiger partial charge in [-0.25, -0.2) is 4.79 Å². The molecule has 0 heterocycles. The van der Waals surface area contributed by atoms with Crippen LogP contribution >= 0.6 is 0 Å². The molecular weight excluding hydrogens is 652 g/mol. The zero-order valence-electron chi connectivity index (χ0n) is 29.8. The number of hydrogen-bond donors (Lipinski definition) is 8. The van der Waals surface area contributed by atoms with Crippen molar-refractivity contribution in [1.29, 1.82) is 0 Å². The van der Waals surface area contributed by atoms with Gasteiger partial charge in [0.25, 0.3) is 5.91 Å². The summed E-state index contributed by atoms with van der Waals surface area (Å²) in [4.78, 5) is 26.5. The predicted molar refractivity (Wildman–Crippen MR) is 196 cm³/mol.